The molecule has 1 unspecified atom stereocenters. The Hall–Kier alpha value is -0.570. The Morgan fingerprint density at radius 3 is 2.58 bits per heavy atom. The highest BCUT2D eigenvalue weighted by molar-refractivity contribution is 5.78. The van der Waals surface area contributed by atoms with Gasteiger partial charge in [0.2, 0.25) is 5.91 Å². The van der Waals surface area contributed by atoms with Crippen LogP contribution in [-0.4, -0.2) is 19.5 Å². The second-order valence-electron chi connectivity index (χ2n) is 3.50. The second kappa shape index (κ2) is 4.45. The van der Waals surface area contributed by atoms with Crippen LogP contribution >= 0.6 is 0 Å². The van der Waals surface area contributed by atoms with E-state index in [9.17, 15) is 4.79 Å². The topological polar surface area (TPSA) is 55.1 Å². The Bertz CT molecular complexity index is 153. The summed E-state index contributed by atoms with van der Waals surface area (Å²) in [7, 11) is 1.68. The first-order valence-electron chi connectivity index (χ1n) is 4.71. The largest absolute Gasteiger partial charge is 0.359 e. The molecule has 3 nitrogen and oxygen atoms in total. The summed E-state index contributed by atoms with van der Waals surface area (Å²) in [5.41, 5.74) is 5.57. The molecule has 1 atom stereocenters. The molecular formula is C9H18N2O. The zero-order chi connectivity index (χ0) is 8.97. The van der Waals surface area contributed by atoms with Gasteiger partial charge in [0.1, 0.15) is 0 Å². The van der Waals surface area contributed by atoms with Crippen LogP contribution in [0.25, 0.3) is 0 Å². The van der Waals surface area contributed by atoms with Crippen LogP contribution in [0.4, 0.5) is 0 Å². The number of hydrogen-bond donors (Lipinski definition) is 2. The van der Waals surface area contributed by atoms with Gasteiger partial charge >= 0.3 is 0 Å². The average Bonchev–Trinajstić information content (AvgIpc) is 2.58. The van der Waals surface area contributed by atoms with E-state index in [1.54, 1.807) is 7.05 Å². The number of carbonyl (C=O) groups is 1. The lowest BCUT2D eigenvalue weighted by Gasteiger charge is -2.19. The fourth-order valence-corrected chi connectivity index (χ4v) is 2.06. The Balaban J connectivity index is 2.48. The third kappa shape index (κ3) is 1.97. The third-order valence-electron chi connectivity index (χ3n) is 2.81. The van der Waals surface area contributed by atoms with Gasteiger partial charge in [-0.2, -0.15) is 0 Å². The van der Waals surface area contributed by atoms with E-state index in [4.69, 9.17) is 5.73 Å². The molecular weight excluding hydrogens is 152 g/mol. The van der Waals surface area contributed by atoms with Gasteiger partial charge in [0.05, 0.1) is 5.92 Å². The van der Waals surface area contributed by atoms with Crippen molar-refractivity contribution in [1.29, 1.82) is 0 Å². The molecule has 70 valence electrons. The van der Waals surface area contributed by atoms with E-state index in [1.165, 1.54) is 25.7 Å². The summed E-state index contributed by atoms with van der Waals surface area (Å²) >= 11 is 0. The molecule has 0 aliphatic heterocycles. The van der Waals surface area contributed by atoms with E-state index in [0.717, 1.165) is 0 Å². The minimum Gasteiger partial charge on any atom is -0.359 e. The molecule has 1 rings (SSSR count). The van der Waals surface area contributed by atoms with Gasteiger partial charge in [0.15, 0.2) is 0 Å². The SMILES string of the molecule is CNC(=O)C(CN)C1CCCC1. The lowest BCUT2D eigenvalue weighted by Crippen LogP contribution is -2.36. The first kappa shape index (κ1) is 9.52. The molecule has 0 bridgehead atoms. The molecule has 3 heteroatoms. The van der Waals surface area contributed by atoms with Gasteiger partial charge in [-0.3, -0.25) is 4.79 Å². The van der Waals surface area contributed by atoms with Crippen LogP contribution in [-0.2, 0) is 4.79 Å². The van der Waals surface area contributed by atoms with Crippen LogP contribution < -0.4 is 11.1 Å². The molecule has 0 aromatic heterocycles. The molecule has 12 heavy (non-hydrogen) atoms. The van der Waals surface area contributed by atoms with Crippen LogP contribution in [0.3, 0.4) is 0 Å². The van der Waals surface area contributed by atoms with Crippen molar-refractivity contribution in [2.45, 2.75) is 25.7 Å². The predicted molar refractivity (Wildman–Crippen MR) is 48.6 cm³/mol. The van der Waals surface area contributed by atoms with Crippen LogP contribution in [0.1, 0.15) is 25.7 Å². The van der Waals surface area contributed by atoms with E-state index >= 15 is 0 Å². The van der Waals surface area contributed by atoms with E-state index in [0.29, 0.717) is 12.5 Å². The zero-order valence-electron chi connectivity index (χ0n) is 7.68. The Morgan fingerprint density at radius 1 is 1.58 bits per heavy atom. The summed E-state index contributed by atoms with van der Waals surface area (Å²) in [6.07, 6.45) is 4.88. The molecule has 0 aromatic carbocycles. The monoisotopic (exact) mass is 170 g/mol. The maximum atomic E-state index is 11.3. The molecule has 0 radical (unpaired) electrons. The van der Waals surface area contributed by atoms with Gasteiger partial charge in [0, 0.05) is 13.6 Å². The quantitative estimate of drug-likeness (QED) is 0.648. The van der Waals surface area contributed by atoms with Crippen molar-refractivity contribution < 1.29 is 4.79 Å². The first-order chi connectivity index (χ1) is 5.79. The molecule has 0 heterocycles. The van der Waals surface area contributed by atoms with Crippen LogP contribution in [0, 0.1) is 11.8 Å². The number of carbonyl (C=O) groups excluding carboxylic acids is 1. The Labute approximate surface area is 73.7 Å². The highest BCUT2D eigenvalue weighted by Crippen LogP contribution is 2.30. The van der Waals surface area contributed by atoms with Crippen molar-refractivity contribution in [3.63, 3.8) is 0 Å². The van der Waals surface area contributed by atoms with E-state index in [1.807, 2.05) is 0 Å². The number of rotatable bonds is 3. The van der Waals surface area contributed by atoms with Crippen molar-refractivity contribution >= 4 is 5.91 Å². The molecule has 1 fully saturated rings. The molecule has 0 aromatic rings. The van der Waals surface area contributed by atoms with Crippen LogP contribution in [0.15, 0.2) is 0 Å². The van der Waals surface area contributed by atoms with E-state index in [-0.39, 0.29) is 11.8 Å². The molecule has 1 amide bonds. The third-order valence-corrected chi connectivity index (χ3v) is 2.81. The van der Waals surface area contributed by atoms with Gasteiger partial charge in [-0.1, -0.05) is 12.8 Å². The summed E-state index contributed by atoms with van der Waals surface area (Å²) in [6, 6.07) is 0. The van der Waals surface area contributed by atoms with E-state index < -0.39 is 0 Å². The molecule has 1 saturated carbocycles. The number of amides is 1. The average molecular weight is 170 g/mol. The Morgan fingerprint density at radius 2 is 2.17 bits per heavy atom. The molecule has 3 N–H and O–H groups in total. The maximum absolute atomic E-state index is 11.3. The highest BCUT2D eigenvalue weighted by Gasteiger charge is 2.28. The number of nitrogens with one attached hydrogen (secondary N) is 1. The normalized spacial score (nSPS) is 20.8. The lowest BCUT2D eigenvalue weighted by molar-refractivity contribution is -0.125. The van der Waals surface area contributed by atoms with Crippen LogP contribution in [0.2, 0.25) is 0 Å². The fourth-order valence-electron chi connectivity index (χ4n) is 2.06. The summed E-state index contributed by atoms with van der Waals surface area (Å²) in [4.78, 5) is 11.3. The highest BCUT2D eigenvalue weighted by atomic mass is 16.1. The number of hydrogen-bond acceptors (Lipinski definition) is 2. The molecule has 0 saturated heterocycles. The van der Waals surface area contributed by atoms with Crippen molar-refractivity contribution in [3.8, 4) is 0 Å². The van der Waals surface area contributed by atoms with Crippen molar-refractivity contribution in [2.24, 2.45) is 17.6 Å². The minimum atomic E-state index is 0.0532. The van der Waals surface area contributed by atoms with Crippen molar-refractivity contribution in [3.05, 3.63) is 0 Å². The van der Waals surface area contributed by atoms with Gasteiger partial charge in [-0.15, -0.1) is 0 Å². The predicted octanol–water partition coefficient (Wildman–Crippen LogP) is 0.497. The Kier molecular flexibility index (Phi) is 3.53. The summed E-state index contributed by atoms with van der Waals surface area (Å²) in [5.74, 6) is 0.705. The van der Waals surface area contributed by atoms with Crippen molar-refractivity contribution in [2.75, 3.05) is 13.6 Å². The molecule has 1 aliphatic carbocycles. The van der Waals surface area contributed by atoms with Crippen molar-refractivity contribution in [1.82, 2.24) is 5.32 Å². The summed E-state index contributed by atoms with van der Waals surface area (Å²) in [5, 5.41) is 2.67. The smallest absolute Gasteiger partial charge is 0.224 e. The van der Waals surface area contributed by atoms with E-state index in [2.05, 4.69) is 5.32 Å². The van der Waals surface area contributed by atoms with Gasteiger partial charge in [0.25, 0.3) is 0 Å². The summed E-state index contributed by atoms with van der Waals surface area (Å²) < 4.78 is 0. The van der Waals surface area contributed by atoms with Gasteiger partial charge in [-0.05, 0) is 18.8 Å². The van der Waals surface area contributed by atoms with Gasteiger partial charge in [-0.25, -0.2) is 0 Å². The zero-order valence-corrected chi connectivity index (χ0v) is 7.68. The van der Waals surface area contributed by atoms with Crippen LogP contribution in [0.5, 0.6) is 0 Å². The maximum Gasteiger partial charge on any atom is 0.224 e. The minimum absolute atomic E-state index is 0.0532. The lowest BCUT2D eigenvalue weighted by atomic mass is 9.90. The first-order valence-corrected chi connectivity index (χ1v) is 4.71. The molecule has 1 aliphatic rings. The standard InChI is InChI=1S/C9H18N2O/c1-11-9(12)8(6-10)7-4-2-3-5-7/h7-8H,2-6,10H2,1H3,(H,11,12). The summed E-state index contributed by atoms with van der Waals surface area (Å²) in [6.45, 7) is 0.490. The van der Waals surface area contributed by atoms with Gasteiger partial charge < -0.3 is 11.1 Å². The molecule has 0 spiro atoms. The fraction of sp³-hybridized carbons (Fsp3) is 0.889. The number of nitrogens with two attached hydrogens (primary N) is 1. The second-order valence-corrected chi connectivity index (χ2v) is 3.50.